The first-order valence-corrected chi connectivity index (χ1v) is 11.4. The van der Waals surface area contributed by atoms with Crippen LogP contribution in [0, 0.1) is 5.82 Å². The number of carbonyl (C=O) groups is 2. The van der Waals surface area contributed by atoms with E-state index in [-0.39, 0.29) is 36.4 Å². The van der Waals surface area contributed by atoms with E-state index in [1.165, 1.54) is 11.0 Å². The van der Waals surface area contributed by atoms with Crippen LogP contribution in [0.25, 0.3) is 0 Å². The summed E-state index contributed by atoms with van der Waals surface area (Å²) in [6.07, 6.45) is 4.34. The van der Waals surface area contributed by atoms with E-state index in [2.05, 4.69) is 5.32 Å². The zero-order valence-corrected chi connectivity index (χ0v) is 19.1. The third-order valence-electron chi connectivity index (χ3n) is 5.78. The SMILES string of the molecule is CCC(C(=O)NC1CCCC1)N(Cc1c(Cl)cccc1Cl)C(=O)Cc1ccccc1F. The molecule has 2 aromatic carbocycles. The number of amides is 2. The Bertz CT molecular complexity index is 911. The molecule has 1 saturated carbocycles. The molecule has 4 nitrogen and oxygen atoms in total. The third kappa shape index (κ3) is 5.98. The average Bonchev–Trinajstić information content (AvgIpc) is 3.24. The molecule has 3 rings (SSSR count). The fourth-order valence-electron chi connectivity index (χ4n) is 4.05. The molecule has 1 aliphatic rings. The Balaban J connectivity index is 1.88. The first-order valence-electron chi connectivity index (χ1n) is 10.7. The van der Waals surface area contributed by atoms with Crippen LogP contribution in [0.1, 0.15) is 50.2 Å². The molecule has 1 N–H and O–H groups in total. The van der Waals surface area contributed by atoms with Crippen molar-refractivity contribution < 1.29 is 14.0 Å². The summed E-state index contributed by atoms with van der Waals surface area (Å²) in [6, 6.07) is 10.7. The second-order valence-electron chi connectivity index (χ2n) is 7.90. The van der Waals surface area contributed by atoms with E-state index in [0.717, 1.165) is 25.7 Å². The number of benzene rings is 2. The van der Waals surface area contributed by atoms with Crippen LogP contribution in [-0.4, -0.2) is 28.8 Å². The standard InChI is InChI=1S/C24H27Cl2FN2O2/c1-2-22(24(31)28-17-9-4-5-10-17)29(15-18-19(25)11-7-12-20(18)26)23(30)14-16-8-3-6-13-21(16)27/h3,6-8,11-13,17,22H,2,4-5,9-10,14-15H2,1H3,(H,28,31). The normalized spacial score (nSPS) is 15.0. The van der Waals surface area contributed by atoms with Gasteiger partial charge in [0.1, 0.15) is 11.9 Å². The van der Waals surface area contributed by atoms with Gasteiger partial charge in [0.25, 0.3) is 0 Å². The Morgan fingerprint density at radius 1 is 1.10 bits per heavy atom. The predicted octanol–water partition coefficient (Wildman–Crippen LogP) is 5.54. The van der Waals surface area contributed by atoms with Crippen LogP contribution in [0.5, 0.6) is 0 Å². The second-order valence-corrected chi connectivity index (χ2v) is 8.72. The minimum atomic E-state index is -0.702. The maximum absolute atomic E-state index is 14.2. The lowest BCUT2D eigenvalue weighted by Gasteiger charge is -2.32. The van der Waals surface area contributed by atoms with Crippen LogP contribution in [0.4, 0.5) is 4.39 Å². The van der Waals surface area contributed by atoms with Gasteiger partial charge in [0.15, 0.2) is 0 Å². The van der Waals surface area contributed by atoms with E-state index in [0.29, 0.717) is 22.0 Å². The van der Waals surface area contributed by atoms with Gasteiger partial charge in [0.2, 0.25) is 11.8 Å². The maximum atomic E-state index is 14.2. The van der Waals surface area contributed by atoms with Gasteiger partial charge in [-0.2, -0.15) is 0 Å². The molecule has 31 heavy (non-hydrogen) atoms. The summed E-state index contributed by atoms with van der Waals surface area (Å²) < 4.78 is 14.2. The molecule has 0 spiro atoms. The molecule has 0 heterocycles. The zero-order chi connectivity index (χ0) is 22.4. The minimum absolute atomic E-state index is 0.0718. The number of rotatable bonds is 8. The number of nitrogens with zero attached hydrogens (tertiary/aromatic N) is 1. The second kappa shape index (κ2) is 11.0. The van der Waals surface area contributed by atoms with E-state index in [1.54, 1.807) is 36.4 Å². The van der Waals surface area contributed by atoms with Crippen LogP contribution < -0.4 is 5.32 Å². The minimum Gasteiger partial charge on any atom is -0.352 e. The fraction of sp³-hybridized carbons (Fsp3) is 0.417. The molecule has 0 bridgehead atoms. The highest BCUT2D eigenvalue weighted by atomic mass is 35.5. The van der Waals surface area contributed by atoms with Crippen LogP contribution in [0.15, 0.2) is 42.5 Å². The van der Waals surface area contributed by atoms with Crippen LogP contribution in [-0.2, 0) is 22.6 Å². The summed E-state index contributed by atoms with van der Waals surface area (Å²) in [4.78, 5) is 27.9. The molecule has 166 valence electrons. The van der Waals surface area contributed by atoms with Crippen molar-refractivity contribution in [3.63, 3.8) is 0 Å². The smallest absolute Gasteiger partial charge is 0.243 e. The van der Waals surface area contributed by atoms with Crippen molar-refractivity contribution in [2.75, 3.05) is 0 Å². The Labute approximate surface area is 192 Å². The van der Waals surface area contributed by atoms with E-state index >= 15 is 0 Å². The number of hydrogen-bond acceptors (Lipinski definition) is 2. The molecule has 1 aliphatic carbocycles. The largest absolute Gasteiger partial charge is 0.352 e. The number of hydrogen-bond donors (Lipinski definition) is 1. The van der Waals surface area contributed by atoms with Crippen molar-refractivity contribution in [3.05, 3.63) is 69.5 Å². The van der Waals surface area contributed by atoms with Crippen molar-refractivity contribution in [1.82, 2.24) is 10.2 Å². The fourth-order valence-corrected chi connectivity index (χ4v) is 4.56. The predicted molar refractivity (Wildman–Crippen MR) is 122 cm³/mol. The molecule has 0 radical (unpaired) electrons. The molecular formula is C24H27Cl2FN2O2. The Hall–Kier alpha value is -2.11. The molecule has 0 aliphatic heterocycles. The highest BCUT2D eigenvalue weighted by Gasteiger charge is 2.31. The summed E-state index contributed by atoms with van der Waals surface area (Å²) in [5.74, 6) is -0.996. The number of halogens is 3. The molecular weight excluding hydrogens is 438 g/mol. The van der Waals surface area contributed by atoms with Gasteiger partial charge in [-0.05, 0) is 43.0 Å². The highest BCUT2D eigenvalue weighted by Crippen LogP contribution is 2.28. The molecule has 2 aromatic rings. The van der Waals surface area contributed by atoms with Gasteiger partial charge < -0.3 is 10.2 Å². The Morgan fingerprint density at radius 3 is 2.35 bits per heavy atom. The van der Waals surface area contributed by atoms with E-state index in [9.17, 15) is 14.0 Å². The summed E-state index contributed by atoms with van der Waals surface area (Å²) in [7, 11) is 0. The Kier molecular flexibility index (Phi) is 8.33. The molecule has 2 amide bonds. The van der Waals surface area contributed by atoms with E-state index in [4.69, 9.17) is 23.2 Å². The summed E-state index contributed by atoms with van der Waals surface area (Å²) >= 11 is 12.7. The Morgan fingerprint density at radius 2 is 1.74 bits per heavy atom. The summed E-state index contributed by atoms with van der Waals surface area (Å²) in [5, 5.41) is 3.92. The first kappa shape index (κ1) is 23.6. The first-order chi connectivity index (χ1) is 14.9. The topological polar surface area (TPSA) is 49.4 Å². The van der Waals surface area contributed by atoms with Crippen molar-refractivity contribution in [3.8, 4) is 0 Å². The van der Waals surface area contributed by atoms with Gasteiger partial charge in [-0.25, -0.2) is 4.39 Å². The lowest BCUT2D eigenvalue weighted by molar-refractivity contribution is -0.141. The molecule has 0 saturated heterocycles. The molecule has 1 atom stereocenters. The van der Waals surface area contributed by atoms with Crippen LogP contribution in [0.2, 0.25) is 10.0 Å². The van der Waals surface area contributed by atoms with Crippen molar-refractivity contribution in [2.45, 2.75) is 64.1 Å². The quantitative estimate of drug-likeness (QED) is 0.557. The van der Waals surface area contributed by atoms with Gasteiger partial charge in [-0.15, -0.1) is 0 Å². The summed E-state index contributed by atoms with van der Waals surface area (Å²) in [5.41, 5.74) is 0.855. The van der Waals surface area contributed by atoms with Gasteiger partial charge in [-0.1, -0.05) is 67.2 Å². The highest BCUT2D eigenvalue weighted by molar-refractivity contribution is 6.36. The lowest BCUT2D eigenvalue weighted by atomic mass is 10.1. The summed E-state index contributed by atoms with van der Waals surface area (Å²) in [6.45, 7) is 1.93. The maximum Gasteiger partial charge on any atom is 0.243 e. The van der Waals surface area contributed by atoms with E-state index in [1.807, 2.05) is 6.92 Å². The monoisotopic (exact) mass is 464 g/mol. The lowest BCUT2D eigenvalue weighted by Crippen LogP contribution is -2.51. The average molecular weight is 465 g/mol. The van der Waals surface area contributed by atoms with Crippen molar-refractivity contribution in [1.29, 1.82) is 0 Å². The molecule has 1 unspecified atom stereocenters. The zero-order valence-electron chi connectivity index (χ0n) is 17.5. The molecule has 1 fully saturated rings. The third-order valence-corrected chi connectivity index (χ3v) is 6.49. The van der Waals surface area contributed by atoms with Gasteiger partial charge in [0.05, 0.1) is 6.42 Å². The van der Waals surface area contributed by atoms with E-state index < -0.39 is 11.9 Å². The molecule has 7 heteroatoms. The van der Waals surface area contributed by atoms with Gasteiger partial charge >= 0.3 is 0 Å². The van der Waals surface area contributed by atoms with Crippen LogP contribution >= 0.6 is 23.2 Å². The number of carbonyl (C=O) groups excluding carboxylic acids is 2. The van der Waals surface area contributed by atoms with Gasteiger partial charge in [0, 0.05) is 28.2 Å². The van der Waals surface area contributed by atoms with Crippen LogP contribution in [0.3, 0.4) is 0 Å². The molecule has 0 aromatic heterocycles. The number of nitrogens with one attached hydrogen (secondary N) is 1. The van der Waals surface area contributed by atoms with Gasteiger partial charge in [-0.3, -0.25) is 9.59 Å². The van der Waals surface area contributed by atoms with Crippen molar-refractivity contribution >= 4 is 35.0 Å². The van der Waals surface area contributed by atoms with Crippen molar-refractivity contribution in [2.24, 2.45) is 0 Å².